The van der Waals surface area contributed by atoms with Gasteiger partial charge in [-0.25, -0.2) is 0 Å². The van der Waals surface area contributed by atoms with Gasteiger partial charge in [0.15, 0.2) is 5.58 Å². The van der Waals surface area contributed by atoms with E-state index in [1.807, 2.05) is 12.1 Å². The first-order chi connectivity index (χ1) is 36.5. The molecule has 15 rings (SSSR count). The molecule has 13 aromatic rings. The molecule has 74 heavy (non-hydrogen) atoms. The molecule has 0 N–H and O–H groups in total. The Labute approximate surface area is 429 Å². The van der Waals surface area contributed by atoms with Crippen LogP contribution < -0.4 is 9.80 Å². The second kappa shape index (κ2) is 16.1. The average Bonchev–Trinajstić information content (AvgIpc) is 4.19. The maximum atomic E-state index is 6.88. The molecule has 350 valence electrons. The summed E-state index contributed by atoms with van der Waals surface area (Å²) in [6.45, 7) is 4.68. The minimum atomic E-state index is -0.526. The van der Waals surface area contributed by atoms with E-state index < -0.39 is 5.41 Å². The van der Waals surface area contributed by atoms with E-state index in [4.69, 9.17) is 8.83 Å². The summed E-state index contributed by atoms with van der Waals surface area (Å²) < 4.78 is 13.5. The summed E-state index contributed by atoms with van der Waals surface area (Å²) in [7, 11) is 0. The van der Waals surface area contributed by atoms with E-state index in [1.165, 1.54) is 55.6 Å². The minimum Gasteiger partial charge on any atom is -0.456 e. The number of benzene rings is 11. The van der Waals surface area contributed by atoms with E-state index in [1.54, 1.807) is 0 Å². The summed E-state index contributed by atoms with van der Waals surface area (Å²) in [5.74, 6) is 0. The fourth-order valence-corrected chi connectivity index (χ4v) is 12.9. The molecule has 0 unspecified atom stereocenters. The molecule has 2 aromatic heterocycles. The molecular weight excluding hydrogens is 901 g/mol. The van der Waals surface area contributed by atoms with Crippen molar-refractivity contribution in [1.29, 1.82) is 0 Å². The molecule has 0 fully saturated rings. The highest BCUT2D eigenvalue weighted by Gasteiger charge is 2.46. The van der Waals surface area contributed by atoms with Crippen LogP contribution in [0.2, 0.25) is 0 Å². The van der Waals surface area contributed by atoms with E-state index in [2.05, 4.69) is 266 Å². The van der Waals surface area contributed by atoms with Gasteiger partial charge in [-0.2, -0.15) is 0 Å². The first-order valence-corrected chi connectivity index (χ1v) is 25.6. The molecule has 4 nitrogen and oxygen atoms in total. The molecule has 0 spiro atoms. The second-order valence-electron chi connectivity index (χ2n) is 20.3. The van der Waals surface area contributed by atoms with Crippen LogP contribution in [0.3, 0.4) is 0 Å². The fourth-order valence-electron chi connectivity index (χ4n) is 12.9. The summed E-state index contributed by atoms with van der Waals surface area (Å²) in [6.07, 6.45) is 0. The number of anilines is 6. The molecule has 0 bridgehead atoms. The number of nitrogens with zero attached hydrogens (tertiary/aromatic N) is 2. The lowest BCUT2D eigenvalue weighted by atomic mass is 9.68. The third kappa shape index (κ3) is 6.03. The van der Waals surface area contributed by atoms with Crippen LogP contribution in [0.25, 0.3) is 66.1 Å². The molecular formula is C70H48N2O2. The number of para-hydroxylation sites is 3. The molecule has 2 heterocycles. The van der Waals surface area contributed by atoms with Crippen LogP contribution in [-0.2, 0) is 10.8 Å². The minimum absolute atomic E-state index is 0.134. The Morgan fingerprint density at radius 1 is 0.311 bits per heavy atom. The number of fused-ring (bicyclic) bond motifs is 12. The van der Waals surface area contributed by atoms with Crippen molar-refractivity contribution in [2.24, 2.45) is 0 Å². The van der Waals surface area contributed by atoms with Gasteiger partial charge in [0.05, 0.1) is 22.2 Å². The van der Waals surface area contributed by atoms with Gasteiger partial charge in [-0.1, -0.05) is 196 Å². The van der Waals surface area contributed by atoms with Crippen molar-refractivity contribution in [3.05, 3.63) is 288 Å². The quantitative estimate of drug-likeness (QED) is 0.152. The Morgan fingerprint density at radius 2 is 0.770 bits per heavy atom. The van der Waals surface area contributed by atoms with E-state index >= 15 is 0 Å². The Kier molecular flexibility index (Phi) is 9.19. The molecule has 0 radical (unpaired) electrons. The zero-order valence-corrected chi connectivity index (χ0v) is 41.0. The maximum absolute atomic E-state index is 6.88. The first-order valence-electron chi connectivity index (χ1n) is 25.6. The third-order valence-corrected chi connectivity index (χ3v) is 16.1. The van der Waals surface area contributed by atoms with E-state index in [9.17, 15) is 0 Å². The van der Waals surface area contributed by atoms with Crippen LogP contribution >= 0.6 is 0 Å². The Morgan fingerprint density at radius 3 is 1.49 bits per heavy atom. The van der Waals surface area contributed by atoms with Gasteiger partial charge in [-0.15, -0.1) is 0 Å². The van der Waals surface area contributed by atoms with E-state index in [0.29, 0.717) is 0 Å². The molecule has 2 aliphatic carbocycles. The highest BCUT2D eigenvalue weighted by atomic mass is 16.3. The van der Waals surface area contributed by atoms with Crippen LogP contribution in [0.5, 0.6) is 0 Å². The molecule has 4 heteroatoms. The monoisotopic (exact) mass is 948 g/mol. The highest BCUT2D eigenvalue weighted by Crippen LogP contribution is 2.58. The van der Waals surface area contributed by atoms with Crippen molar-refractivity contribution >= 4 is 78.0 Å². The van der Waals surface area contributed by atoms with Crippen molar-refractivity contribution in [3.8, 4) is 22.3 Å². The summed E-state index contributed by atoms with van der Waals surface area (Å²) in [5.41, 5.74) is 21.4. The van der Waals surface area contributed by atoms with Crippen molar-refractivity contribution in [1.82, 2.24) is 0 Å². The van der Waals surface area contributed by atoms with Gasteiger partial charge in [0.1, 0.15) is 16.7 Å². The average molecular weight is 949 g/mol. The van der Waals surface area contributed by atoms with Gasteiger partial charge in [-0.3, -0.25) is 0 Å². The normalized spacial score (nSPS) is 13.8. The molecule has 11 aromatic carbocycles. The van der Waals surface area contributed by atoms with Gasteiger partial charge in [-0.05, 0) is 128 Å². The molecule has 0 saturated carbocycles. The molecule has 2 aliphatic rings. The Balaban J connectivity index is 0.985. The number of hydrogen-bond donors (Lipinski definition) is 0. The topological polar surface area (TPSA) is 32.8 Å². The summed E-state index contributed by atoms with van der Waals surface area (Å²) in [6, 6.07) is 92.8. The zero-order chi connectivity index (χ0) is 49.1. The number of hydrogen-bond acceptors (Lipinski definition) is 4. The summed E-state index contributed by atoms with van der Waals surface area (Å²) >= 11 is 0. The lowest BCUT2D eigenvalue weighted by molar-refractivity contribution is 0.660. The largest absolute Gasteiger partial charge is 0.456 e. The molecule has 0 atom stereocenters. The fraction of sp³-hybridized carbons (Fsp3) is 0.0571. The predicted octanol–water partition coefficient (Wildman–Crippen LogP) is 19.1. The molecule has 0 saturated heterocycles. The van der Waals surface area contributed by atoms with Crippen LogP contribution in [-0.4, -0.2) is 0 Å². The third-order valence-electron chi connectivity index (χ3n) is 16.1. The van der Waals surface area contributed by atoms with Crippen LogP contribution in [0.1, 0.15) is 47.2 Å². The predicted molar refractivity (Wildman–Crippen MR) is 305 cm³/mol. The highest BCUT2D eigenvalue weighted by molar-refractivity contribution is 6.14. The van der Waals surface area contributed by atoms with Gasteiger partial charge in [0, 0.05) is 44.3 Å². The van der Waals surface area contributed by atoms with Crippen molar-refractivity contribution in [2.45, 2.75) is 24.7 Å². The lowest BCUT2D eigenvalue weighted by Crippen LogP contribution is -2.28. The number of furan rings is 2. The van der Waals surface area contributed by atoms with Crippen molar-refractivity contribution in [2.75, 3.05) is 9.80 Å². The Bertz CT molecular complexity index is 4330. The SMILES string of the molecule is CC1(C)c2ccccc2-c2cc(N(c3cccc(N(c4ccc5c(c4)-c4ccccc4C5(c4ccccc4)c4ccccc4)c4cccc5oc6ccccc6c45)c3)c3cccc4c3oc3ccccc34)ccc21. The van der Waals surface area contributed by atoms with Gasteiger partial charge in [0.2, 0.25) is 0 Å². The van der Waals surface area contributed by atoms with Gasteiger partial charge in [0.25, 0.3) is 0 Å². The smallest absolute Gasteiger partial charge is 0.159 e. The Hall–Kier alpha value is -9.38. The van der Waals surface area contributed by atoms with Crippen molar-refractivity contribution < 1.29 is 8.83 Å². The van der Waals surface area contributed by atoms with Crippen LogP contribution in [0.4, 0.5) is 34.1 Å². The first kappa shape index (κ1) is 42.3. The van der Waals surface area contributed by atoms with Crippen LogP contribution in [0, 0.1) is 0 Å². The molecule has 0 amide bonds. The zero-order valence-electron chi connectivity index (χ0n) is 41.0. The van der Waals surface area contributed by atoms with E-state index in [0.717, 1.165) is 78.0 Å². The standard InChI is InChI=1S/C70H48N2O2/c1-69(2)58-31-13-9-26-51(58)56-43-50(38-40-59(56)69)72(63-34-18-30-54-53-28-11-15-35-64(53)74-68(54)63)48-25-17-24-47(42-48)71(62-33-19-37-66-67(62)55-29-12-16-36-65(55)73-66)49-39-41-61-57(44-49)52-27-10-14-32-60(52)70(61,45-20-5-3-6-21-45)46-22-7-4-8-23-46/h3-44H,1-2H3. The van der Waals surface area contributed by atoms with Gasteiger partial charge < -0.3 is 18.6 Å². The van der Waals surface area contributed by atoms with Crippen LogP contribution in [0.15, 0.2) is 264 Å². The molecule has 0 aliphatic heterocycles. The number of rotatable bonds is 8. The second-order valence-corrected chi connectivity index (χ2v) is 20.3. The maximum Gasteiger partial charge on any atom is 0.159 e. The van der Waals surface area contributed by atoms with E-state index in [-0.39, 0.29) is 5.41 Å². The lowest BCUT2D eigenvalue weighted by Gasteiger charge is -2.34. The van der Waals surface area contributed by atoms with Gasteiger partial charge >= 0.3 is 0 Å². The van der Waals surface area contributed by atoms with Crippen molar-refractivity contribution in [3.63, 3.8) is 0 Å². The summed E-state index contributed by atoms with van der Waals surface area (Å²) in [4.78, 5) is 4.82. The summed E-state index contributed by atoms with van der Waals surface area (Å²) in [5, 5.41) is 4.29.